The van der Waals surface area contributed by atoms with Gasteiger partial charge in [0.25, 0.3) is 0 Å². The quantitative estimate of drug-likeness (QED) is 0.842. The number of nitrogens with zero attached hydrogens (tertiary/aromatic N) is 1. The average molecular weight is 328 g/mol. The smallest absolute Gasteiger partial charge is 0.129 e. The van der Waals surface area contributed by atoms with Gasteiger partial charge in [0.2, 0.25) is 0 Å². The van der Waals surface area contributed by atoms with Crippen LogP contribution in [0.4, 0.5) is 5.69 Å². The van der Waals surface area contributed by atoms with E-state index < -0.39 is 0 Å². The summed E-state index contributed by atoms with van der Waals surface area (Å²) in [5.74, 6) is 2.14. The van der Waals surface area contributed by atoms with Gasteiger partial charge in [0.15, 0.2) is 0 Å². The second-order valence-electron chi connectivity index (χ2n) is 7.02. The number of aliphatic hydroxyl groups excluding tert-OH is 1. The van der Waals surface area contributed by atoms with Gasteiger partial charge in [-0.2, -0.15) is 0 Å². The fraction of sp³-hybridized carbons (Fsp3) is 0.500. The largest absolute Gasteiger partial charge is 0.462 e. The van der Waals surface area contributed by atoms with Crippen molar-refractivity contribution in [2.24, 2.45) is 0 Å². The maximum absolute atomic E-state index is 9.10. The molecule has 4 heteroatoms. The first kappa shape index (κ1) is 17.1. The molecule has 1 saturated heterocycles. The molecule has 0 saturated carbocycles. The molecule has 3 rings (SSSR count). The molecule has 1 aromatic heterocycles. The zero-order chi connectivity index (χ0) is 16.9. The van der Waals surface area contributed by atoms with E-state index in [1.807, 2.05) is 12.1 Å². The molecule has 2 aromatic rings. The van der Waals surface area contributed by atoms with Gasteiger partial charge >= 0.3 is 0 Å². The molecule has 2 heterocycles. The van der Waals surface area contributed by atoms with Crippen LogP contribution in [0.2, 0.25) is 0 Å². The van der Waals surface area contributed by atoms with Crippen LogP contribution in [0.3, 0.4) is 0 Å². The van der Waals surface area contributed by atoms with Crippen LogP contribution >= 0.6 is 0 Å². The molecule has 1 aromatic carbocycles. The summed E-state index contributed by atoms with van der Waals surface area (Å²) in [6, 6.07) is 13.1. The van der Waals surface area contributed by atoms with Crippen molar-refractivity contribution in [3.05, 3.63) is 53.5 Å². The van der Waals surface area contributed by atoms with Crippen LogP contribution in [-0.4, -0.2) is 29.1 Å². The summed E-state index contributed by atoms with van der Waals surface area (Å²) in [5.41, 5.74) is 2.58. The lowest BCUT2D eigenvalue weighted by molar-refractivity contribution is 0.186. The van der Waals surface area contributed by atoms with E-state index in [1.165, 1.54) is 24.1 Å². The second kappa shape index (κ2) is 7.86. The molecular formula is C20H28N2O2. The van der Waals surface area contributed by atoms with Crippen molar-refractivity contribution in [1.29, 1.82) is 0 Å². The predicted octanol–water partition coefficient (Wildman–Crippen LogP) is 3.97. The van der Waals surface area contributed by atoms with E-state index in [4.69, 9.17) is 9.52 Å². The molecule has 130 valence electrons. The lowest BCUT2D eigenvalue weighted by Gasteiger charge is -2.33. The number of hydrogen-bond acceptors (Lipinski definition) is 4. The molecule has 0 radical (unpaired) electrons. The Kier molecular flexibility index (Phi) is 5.59. The number of piperidine rings is 1. The number of likely N-dealkylation sites (tertiary alicyclic amines) is 1. The third kappa shape index (κ3) is 4.40. The van der Waals surface area contributed by atoms with E-state index in [1.54, 1.807) is 0 Å². The lowest BCUT2D eigenvalue weighted by Crippen LogP contribution is -2.41. The van der Waals surface area contributed by atoms with Crippen molar-refractivity contribution in [2.75, 3.05) is 18.4 Å². The number of anilines is 1. The van der Waals surface area contributed by atoms with E-state index in [0.29, 0.717) is 17.7 Å². The van der Waals surface area contributed by atoms with E-state index in [0.717, 1.165) is 25.4 Å². The highest BCUT2D eigenvalue weighted by Gasteiger charge is 2.20. The van der Waals surface area contributed by atoms with Gasteiger partial charge in [-0.1, -0.05) is 26.0 Å². The van der Waals surface area contributed by atoms with E-state index in [9.17, 15) is 0 Å². The van der Waals surface area contributed by atoms with E-state index in [2.05, 4.69) is 48.3 Å². The topological polar surface area (TPSA) is 48.6 Å². The van der Waals surface area contributed by atoms with Crippen LogP contribution in [0, 0.1) is 0 Å². The summed E-state index contributed by atoms with van der Waals surface area (Å²) in [4.78, 5) is 2.42. The molecule has 24 heavy (non-hydrogen) atoms. The van der Waals surface area contributed by atoms with Gasteiger partial charge in [-0.25, -0.2) is 0 Å². The molecule has 1 atom stereocenters. The molecule has 1 aliphatic heterocycles. The summed E-state index contributed by atoms with van der Waals surface area (Å²) >= 11 is 0. The number of furan rings is 1. The molecular weight excluding hydrogens is 300 g/mol. The van der Waals surface area contributed by atoms with Gasteiger partial charge in [0.1, 0.15) is 18.1 Å². The average Bonchev–Trinajstić information content (AvgIpc) is 3.03. The van der Waals surface area contributed by atoms with Crippen molar-refractivity contribution < 1.29 is 9.52 Å². The Morgan fingerprint density at radius 3 is 2.58 bits per heavy atom. The highest BCUT2D eigenvalue weighted by atomic mass is 16.4. The predicted molar refractivity (Wildman–Crippen MR) is 97.1 cm³/mol. The summed E-state index contributed by atoms with van der Waals surface area (Å²) < 4.78 is 5.61. The maximum atomic E-state index is 9.10. The lowest BCUT2D eigenvalue weighted by atomic mass is 10.0. The van der Waals surface area contributed by atoms with Crippen molar-refractivity contribution in [3.63, 3.8) is 0 Å². The summed E-state index contributed by atoms with van der Waals surface area (Å²) in [6.45, 7) is 7.33. The van der Waals surface area contributed by atoms with E-state index >= 15 is 0 Å². The summed E-state index contributed by atoms with van der Waals surface area (Å²) in [7, 11) is 0. The Morgan fingerprint density at radius 2 is 1.92 bits per heavy atom. The van der Waals surface area contributed by atoms with Crippen LogP contribution < -0.4 is 5.32 Å². The van der Waals surface area contributed by atoms with Crippen LogP contribution in [0.25, 0.3) is 0 Å². The van der Waals surface area contributed by atoms with Gasteiger partial charge in [0.05, 0.1) is 6.54 Å². The summed E-state index contributed by atoms with van der Waals surface area (Å²) in [5, 5.41) is 12.8. The Bertz CT molecular complexity index is 633. The molecule has 0 aliphatic carbocycles. The zero-order valence-electron chi connectivity index (χ0n) is 14.7. The first-order valence-corrected chi connectivity index (χ1v) is 8.91. The molecule has 4 nitrogen and oxygen atoms in total. The summed E-state index contributed by atoms with van der Waals surface area (Å²) in [6.07, 6.45) is 2.39. The third-order valence-electron chi connectivity index (χ3n) is 4.71. The Morgan fingerprint density at radius 1 is 1.17 bits per heavy atom. The highest BCUT2D eigenvalue weighted by Crippen LogP contribution is 2.21. The minimum atomic E-state index is -0.0312. The fourth-order valence-corrected chi connectivity index (χ4v) is 3.33. The second-order valence-corrected chi connectivity index (χ2v) is 7.02. The van der Waals surface area contributed by atoms with Gasteiger partial charge in [-0.15, -0.1) is 0 Å². The maximum Gasteiger partial charge on any atom is 0.129 e. The van der Waals surface area contributed by atoms with Crippen LogP contribution in [0.15, 0.2) is 40.8 Å². The standard InChI is InChI=1S/C20H28N2O2/c1-15(2)16-5-7-17(8-6-16)21-18-4-3-11-22(12-18)13-19-9-10-20(14-23)24-19/h5-10,15,18,21,23H,3-4,11-14H2,1-2H3. The molecule has 0 bridgehead atoms. The van der Waals surface area contributed by atoms with Crippen molar-refractivity contribution >= 4 is 5.69 Å². The van der Waals surface area contributed by atoms with Crippen LogP contribution in [0.5, 0.6) is 0 Å². The van der Waals surface area contributed by atoms with Gasteiger partial charge in [-0.3, -0.25) is 4.90 Å². The fourth-order valence-electron chi connectivity index (χ4n) is 3.33. The van der Waals surface area contributed by atoms with Gasteiger partial charge in [-0.05, 0) is 55.1 Å². The minimum Gasteiger partial charge on any atom is -0.462 e. The van der Waals surface area contributed by atoms with Crippen molar-refractivity contribution in [2.45, 2.75) is 51.8 Å². The molecule has 1 unspecified atom stereocenters. The van der Waals surface area contributed by atoms with Crippen LogP contribution in [-0.2, 0) is 13.2 Å². The Hall–Kier alpha value is -1.78. The Labute approximate surface area is 144 Å². The molecule has 0 amide bonds. The minimum absolute atomic E-state index is 0.0312. The number of benzene rings is 1. The molecule has 1 fully saturated rings. The number of hydrogen-bond donors (Lipinski definition) is 2. The monoisotopic (exact) mass is 328 g/mol. The van der Waals surface area contributed by atoms with Crippen molar-refractivity contribution in [3.8, 4) is 0 Å². The first-order chi connectivity index (χ1) is 11.6. The Balaban J connectivity index is 1.55. The number of rotatable bonds is 6. The van der Waals surface area contributed by atoms with Crippen molar-refractivity contribution in [1.82, 2.24) is 4.90 Å². The first-order valence-electron chi connectivity index (χ1n) is 8.91. The van der Waals surface area contributed by atoms with Gasteiger partial charge in [0, 0.05) is 18.3 Å². The number of aliphatic hydroxyl groups is 1. The zero-order valence-corrected chi connectivity index (χ0v) is 14.7. The SMILES string of the molecule is CC(C)c1ccc(NC2CCCN(Cc3ccc(CO)o3)C2)cc1. The van der Waals surface area contributed by atoms with Crippen LogP contribution in [0.1, 0.15) is 49.7 Å². The van der Waals surface area contributed by atoms with Gasteiger partial charge < -0.3 is 14.8 Å². The van der Waals surface area contributed by atoms with E-state index in [-0.39, 0.29) is 6.61 Å². The number of nitrogens with one attached hydrogen (secondary N) is 1. The normalized spacial score (nSPS) is 18.9. The molecule has 1 aliphatic rings. The molecule has 0 spiro atoms. The third-order valence-corrected chi connectivity index (χ3v) is 4.71. The highest BCUT2D eigenvalue weighted by molar-refractivity contribution is 5.46. The molecule has 2 N–H and O–H groups in total.